The van der Waals surface area contributed by atoms with Gasteiger partial charge >= 0.3 is 0 Å². The number of aryl methyl sites for hydroxylation is 1. The summed E-state index contributed by atoms with van der Waals surface area (Å²) in [5.74, 6) is -0.453. The highest BCUT2D eigenvalue weighted by atomic mass is 35.5. The van der Waals surface area contributed by atoms with Crippen LogP contribution in [0.4, 0.5) is 5.69 Å². The molecule has 0 bridgehead atoms. The quantitative estimate of drug-likeness (QED) is 0.811. The van der Waals surface area contributed by atoms with Crippen molar-refractivity contribution in [1.29, 1.82) is 0 Å². The van der Waals surface area contributed by atoms with Gasteiger partial charge < -0.3 is 5.32 Å². The van der Waals surface area contributed by atoms with Gasteiger partial charge in [0.1, 0.15) is 4.90 Å². The molecule has 0 spiro atoms. The topological polar surface area (TPSA) is 66.5 Å². The van der Waals surface area contributed by atoms with Crippen LogP contribution in [0.5, 0.6) is 0 Å². The van der Waals surface area contributed by atoms with E-state index >= 15 is 0 Å². The maximum Gasteiger partial charge on any atom is 0.255 e. The molecule has 5 nitrogen and oxygen atoms in total. The van der Waals surface area contributed by atoms with E-state index in [-0.39, 0.29) is 15.5 Å². The lowest BCUT2D eigenvalue weighted by atomic mass is 10.2. The molecule has 1 N–H and O–H groups in total. The van der Waals surface area contributed by atoms with Gasteiger partial charge in [-0.25, -0.2) is 8.42 Å². The first-order valence-corrected chi connectivity index (χ1v) is 10.4. The van der Waals surface area contributed by atoms with Gasteiger partial charge in [-0.15, -0.1) is 0 Å². The Morgan fingerprint density at radius 2 is 1.73 bits per heavy atom. The Labute approximate surface area is 163 Å². The van der Waals surface area contributed by atoms with Crippen LogP contribution in [0.2, 0.25) is 10.0 Å². The number of benzene rings is 2. The van der Waals surface area contributed by atoms with E-state index in [4.69, 9.17) is 23.2 Å². The number of nitrogens with zero attached hydrogens (tertiary/aromatic N) is 1. The van der Waals surface area contributed by atoms with E-state index in [0.717, 1.165) is 18.4 Å². The summed E-state index contributed by atoms with van der Waals surface area (Å²) in [5, 5.41) is 3.21. The maximum absolute atomic E-state index is 12.8. The number of sulfonamides is 1. The highest BCUT2D eigenvalue weighted by Gasteiger charge is 2.29. The van der Waals surface area contributed by atoms with E-state index in [1.165, 1.54) is 22.5 Å². The summed E-state index contributed by atoms with van der Waals surface area (Å²) >= 11 is 12.2. The van der Waals surface area contributed by atoms with Crippen LogP contribution in [0.15, 0.2) is 41.3 Å². The Kier molecular flexibility index (Phi) is 5.58. The van der Waals surface area contributed by atoms with Crippen molar-refractivity contribution in [3.8, 4) is 0 Å². The summed E-state index contributed by atoms with van der Waals surface area (Å²) in [6.07, 6.45) is 1.64. The number of hydrogen-bond donors (Lipinski definition) is 1. The van der Waals surface area contributed by atoms with Gasteiger partial charge in [0, 0.05) is 18.7 Å². The predicted octanol–water partition coefficient (Wildman–Crippen LogP) is 4.34. The molecular weight excluding hydrogens is 395 g/mol. The molecule has 1 aliphatic rings. The first-order valence-electron chi connectivity index (χ1n) is 8.16. The summed E-state index contributed by atoms with van der Waals surface area (Å²) in [4.78, 5) is 12.5. The molecule has 2 aromatic carbocycles. The zero-order chi connectivity index (χ0) is 18.9. The summed E-state index contributed by atoms with van der Waals surface area (Å²) in [5.41, 5.74) is 1.63. The van der Waals surface area contributed by atoms with Crippen molar-refractivity contribution in [2.45, 2.75) is 24.7 Å². The van der Waals surface area contributed by atoms with Gasteiger partial charge in [0.2, 0.25) is 10.0 Å². The largest absolute Gasteiger partial charge is 0.321 e. The average molecular weight is 413 g/mol. The molecule has 1 amide bonds. The number of carbonyl (C=O) groups excluding carboxylic acids is 1. The fraction of sp³-hybridized carbons (Fsp3) is 0.278. The summed E-state index contributed by atoms with van der Waals surface area (Å²) in [6, 6.07) is 9.49. The number of hydrogen-bond acceptors (Lipinski definition) is 3. The number of rotatable bonds is 4. The minimum absolute atomic E-state index is 0.0521. The normalized spacial score (nSPS) is 15.2. The van der Waals surface area contributed by atoms with Gasteiger partial charge in [-0.1, -0.05) is 29.3 Å². The molecule has 0 radical (unpaired) electrons. The first-order chi connectivity index (χ1) is 12.3. The molecule has 3 rings (SSSR count). The van der Waals surface area contributed by atoms with E-state index in [1.54, 1.807) is 12.1 Å². The van der Waals surface area contributed by atoms with Gasteiger partial charge in [0.05, 0.1) is 15.7 Å². The average Bonchev–Trinajstić information content (AvgIpc) is 3.13. The molecule has 0 atom stereocenters. The Balaban J connectivity index is 1.90. The molecule has 0 unspecified atom stereocenters. The number of carbonyl (C=O) groups is 1. The zero-order valence-electron chi connectivity index (χ0n) is 14.1. The molecule has 1 saturated heterocycles. The van der Waals surface area contributed by atoms with E-state index in [2.05, 4.69) is 5.32 Å². The van der Waals surface area contributed by atoms with Gasteiger partial charge in [0.15, 0.2) is 0 Å². The van der Waals surface area contributed by atoms with Gasteiger partial charge in [-0.3, -0.25) is 4.79 Å². The third-order valence-electron chi connectivity index (χ3n) is 4.25. The summed E-state index contributed by atoms with van der Waals surface area (Å²) in [6.45, 7) is 2.83. The van der Waals surface area contributed by atoms with E-state index in [9.17, 15) is 13.2 Å². The molecule has 0 saturated carbocycles. The molecule has 0 aliphatic carbocycles. The van der Waals surface area contributed by atoms with Crippen molar-refractivity contribution in [3.63, 3.8) is 0 Å². The number of amides is 1. The van der Waals surface area contributed by atoms with Crippen molar-refractivity contribution in [2.24, 2.45) is 0 Å². The van der Waals surface area contributed by atoms with Crippen LogP contribution in [-0.4, -0.2) is 31.7 Å². The Morgan fingerprint density at radius 3 is 2.38 bits per heavy atom. The lowest BCUT2D eigenvalue weighted by molar-refractivity contribution is 0.102. The Bertz CT molecular complexity index is 955. The standard InChI is InChI=1S/C18H18Cl2N2O3S/c1-12-4-7-16(15(20)10-12)21-18(23)13-5-6-14(19)17(11-13)26(24,25)22-8-2-3-9-22/h4-7,10-11H,2-3,8-9H2,1H3,(H,21,23). The highest BCUT2D eigenvalue weighted by Crippen LogP contribution is 2.29. The fourth-order valence-electron chi connectivity index (χ4n) is 2.83. The zero-order valence-corrected chi connectivity index (χ0v) is 16.5. The minimum Gasteiger partial charge on any atom is -0.321 e. The predicted molar refractivity (Wildman–Crippen MR) is 104 cm³/mol. The second kappa shape index (κ2) is 7.56. The van der Waals surface area contributed by atoms with Crippen LogP contribution in [0, 0.1) is 6.92 Å². The molecule has 1 heterocycles. The molecule has 138 valence electrons. The number of anilines is 1. The third kappa shape index (κ3) is 3.88. The minimum atomic E-state index is -3.72. The lowest BCUT2D eigenvalue weighted by Crippen LogP contribution is -2.28. The van der Waals surface area contributed by atoms with Crippen molar-refractivity contribution in [1.82, 2.24) is 4.31 Å². The van der Waals surface area contributed by atoms with Crippen LogP contribution >= 0.6 is 23.2 Å². The van der Waals surface area contributed by atoms with Crippen LogP contribution in [0.25, 0.3) is 0 Å². The third-order valence-corrected chi connectivity index (χ3v) is 6.94. The second-order valence-corrected chi connectivity index (χ2v) is 8.91. The van der Waals surface area contributed by atoms with E-state index < -0.39 is 15.9 Å². The van der Waals surface area contributed by atoms with Crippen LogP contribution in [0.1, 0.15) is 28.8 Å². The van der Waals surface area contributed by atoms with Crippen LogP contribution in [-0.2, 0) is 10.0 Å². The smallest absolute Gasteiger partial charge is 0.255 e. The van der Waals surface area contributed by atoms with Gasteiger partial charge in [0.25, 0.3) is 5.91 Å². The van der Waals surface area contributed by atoms with Gasteiger partial charge in [-0.2, -0.15) is 4.31 Å². The highest BCUT2D eigenvalue weighted by molar-refractivity contribution is 7.89. The Morgan fingerprint density at radius 1 is 1.04 bits per heavy atom. The fourth-order valence-corrected chi connectivity index (χ4v) is 5.13. The van der Waals surface area contributed by atoms with Crippen LogP contribution < -0.4 is 5.32 Å². The van der Waals surface area contributed by atoms with E-state index in [0.29, 0.717) is 23.8 Å². The second-order valence-electron chi connectivity index (χ2n) is 6.19. The Hall–Kier alpha value is -1.60. The lowest BCUT2D eigenvalue weighted by Gasteiger charge is -2.17. The number of nitrogens with one attached hydrogen (secondary N) is 1. The monoisotopic (exact) mass is 412 g/mol. The summed E-state index contributed by atoms with van der Waals surface area (Å²) < 4.78 is 26.9. The maximum atomic E-state index is 12.8. The molecule has 1 fully saturated rings. The molecule has 26 heavy (non-hydrogen) atoms. The van der Waals surface area contributed by atoms with Crippen molar-refractivity contribution < 1.29 is 13.2 Å². The number of halogens is 2. The molecule has 0 aromatic heterocycles. The first kappa shape index (κ1) is 19.2. The summed E-state index contributed by atoms with van der Waals surface area (Å²) in [7, 11) is -3.72. The van der Waals surface area contributed by atoms with Gasteiger partial charge in [-0.05, 0) is 55.7 Å². The van der Waals surface area contributed by atoms with Crippen molar-refractivity contribution in [2.75, 3.05) is 18.4 Å². The molecule has 1 aliphatic heterocycles. The van der Waals surface area contributed by atoms with Crippen molar-refractivity contribution in [3.05, 3.63) is 57.6 Å². The SMILES string of the molecule is Cc1ccc(NC(=O)c2ccc(Cl)c(S(=O)(=O)N3CCCC3)c2)c(Cl)c1. The molecule has 8 heteroatoms. The molecule has 2 aromatic rings. The molecular formula is C18H18Cl2N2O3S. The van der Waals surface area contributed by atoms with E-state index in [1.807, 2.05) is 13.0 Å². The van der Waals surface area contributed by atoms with Crippen molar-refractivity contribution >= 4 is 44.8 Å². The van der Waals surface area contributed by atoms with Crippen LogP contribution in [0.3, 0.4) is 0 Å².